The zero-order valence-electron chi connectivity index (χ0n) is 9.53. The highest BCUT2D eigenvalue weighted by molar-refractivity contribution is 6.31. The lowest BCUT2D eigenvalue weighted by Gasteiger charge is -2.11. The Morgan fingerprint density at radius 3 is 2.62 bits per heavy atom. The highest BCUT2D eigenvalue weighted by Crippen LogP contribution is 2.28. The summed E-state index contributed by atoms with van der Waals surface area (Å²) in [4.78, 5) is 12.8. The fraction of sp³-hybridized carbons (Fsp3) is 0.250. The van der Waals surface area contributed by atoms with E-state index >= 15 is 0 Å². The first-order chi connectivity index (χ1) is 7.58. The van der Waals surface area contributed by atoms with Crippen LogP contribution in [0.1, 0.15) is 5.56 Å². The van der Waals surface area contributed by atoms with Crippen molar-refractivity contribution in [3.63, 3.8) is 0 Å². The van der Waals surface area contributed by atoms with Crippen molar-refractivity contribution < 1.29 is 9.53 Å². The summed E-state index contributed by atoms with van der Waals surface area (Å²) in [7, 11) is 5.26. The van der Waals surface area contributed by atoms with Gasteiger partial charge in [-0.1, -0.05) is 11.6 Å². The molecular formula is C12H14ClNO2. The molecule has 0 aliphatic rings. The van der Waals surface area contributed by atoms with Gasteiger partial charge in [0.15, 0.2) is 6.29 Å². The number of hydrogen-bond acceptors (Lipinski definition) is 3. The van der Waals surface area contributed by atoms with E-state index < -0.39 is 0 Å². The zero-order valence-corrected chi connectivity index (χ0v) is 10.3. The van der Waals surface area contributed by atoms with Crippen LogP contribution in [0.25, 0.3) is 5.57 Å². The van der Waals surface area contributed by atoms with Crippen LogP contribution in [0.5, 0.6) is 5.75 Å². The number of halogens is 1. The van der Waals surface area contributed by atoms with Crippen LogP contribution in [0.2, 0.25) is 5.02 Å². The lowest BCUT2D eigenvalue weighted by atomic mass is 10.1. The Balaban J connectivity index is 3.28. The first-order valence-corrected chi connectivity index (χ1v) is 5.13. The van der Waals surface area contributed by atoms with Crippen molar-refractivity contribution in [3.05, 3.63) is 35.0 Å². The zero-order chi connectivity index (χ0) is 12.1. The summed E-state index contributed by atoms with van der Waals surface area (Å²) in [5.74, 6) is 0.629. The summed E-state index contributed by atoms with van der Waals surface area (Å²) in [5, 5.41) is 0.572. The van der Waals surface area contributed by atoms with Gasteiger partial charge in [-0.25, -0.2) is 0 Å². The molecule has 0 fully saturated rings. The summed E-state index contributed by atoms with van der Waals surface area (Å²) in [6.45, 7) is 0. The largest absolute Gasteiger partial charge is 0.496 e. The number of rotatable bonds is 4. The monoisotopic (exact) mass is 239 g/mol. The second-order valence-corrected chi connectivity index (χ2v) is 3.95. The number of aldehydes is 1. The van der Waals surface area contributed by atoms with Crippen LogP contribution in [0.15, 0.2) is 24.4 Å². The molecule has 86 valence electrons. The quantitative estimate of drug-likeness (QED) is 0.597. The van der Waals surface area contributed by atoms with Gasteiger partial charge >= 0.3 is 0 Å². The molecule has 16 heavy (non-hydrogen) atoms. The third-order valence-corrected chi connectivity index (χ3v) is 2.23. The minimum Gasteiger partial charge on any atom is -0.496 e. The van der Waals surface area contributed by atoms with E-state index in [9.17, 15) is 4.79 Å². The Labute approximate surface area is 100 Å². The maximum absolute atomic E-state index is 11.0. The molecule has 0 saturated carbocycles. The molecule has 0 unspecified atom stereocenters. The van der Waals surface area contributed by atoms with Gasteiger partial charge in [0.2, 0.25) is 0 Å². The fourth-order valence-corrected chi connectivity index (χ4v) is 1.52. The Morgan fingerprint density at radius 2 is 2.12 bits per heavy atom. The molecule has 0 aliphatic heterocycles. The second-order valence-electron chi connectivity index (χ2n) is 3.51. The van der Waals surface area contributed by atoms with Crippen LogP contribution in [0, 0.1) is 0 Å². The van der Waals surface area contributed by atoms with E-state index in [4.69, 9.17) is 16.3 Å². The molecule has 0 atom stereocenters. The van der Waals surface area contributed by atoms with Crippen molar-refractivity contribution in [2.24, 2.45) is 0 Å². The van der Waals surface area contributed by atoms with Crippen molar-refractivity contribution in [1.29, 1.82) is 0 Å². The van der Waals surface area contributed by atoms with Gasteiger partial charge in [0, 0.05) is 36.5 Å². The molecule has 0 aliphatic carbocycles. The summed E-state index contributed by atoms with van der Waals surface area (Å²) in [6, 6.07) is 5.18. The third kappa shape index (κ3) is 3.00. The minimum absolute atomic E-state index is 0.532. The topological polar surface area (TPSA) is 29.5 Å². The van der Waals surface area contributed by atoms with Crippen LogP contribution < -0.4 is 4.74 Å². The molecule has 0 heterocycles. The maximum atomic E-state index is 11.0. The van der Waals surface area contributed by atoms with Gasteiger partial charge < -0.3 is 9.64 Å². The van der Waals surface area contributed by atoms with E-state index in [1.54, 1.807) is 36.4 Å². The second kappa shape index (κ2) is 5.56. The summed E-state index contributed by atoms with van der Waals surface area (Å²) in [6.07, 6.45) is 2.51. The number of nitrogens with zero attached hydrogens (tertiary/aromatic N) is 1. The Morgan fingerprint density at radius 1 is 1.44 bits per heavy atom. The highest BCUT2D eigenvalue weighted by atomic mass is 35.5. The lowest BCUT2D eigenvalue weighted by Crippen LogP contribution is -2.04. The fourth-order valence-electron chi connectivity index (χ4n) is 1.35. The Hall–Kier alpha value is -1.48. The van der Waals surface area contributed by atoms with Crippen LogP contribution >= 0.6 is 11.6 Å². The molecule has 0 N–H and O–H groups in total. The normalized spacial score (nSPS) is 11.1. The van der Waals surface area contributed by atoms with Crippen molar-refractivity contribution in [1.82, 2.24) is 4.90 Å². The molecule has 0 aromatic heterocycles. The molecule has 4 heteroatoms. The standard InChI is InChI=1S/C12H14ClNO2/c1-14(2)7-9(8-15)11-6-10(13)4-5-12(11)16-3/h4-8H,1-3H3/b9-7+. The van der Waals surface area contributed by atoms with Crippen LogP contribution in [-0.4, -0.2) is 32.4 Å². The van der Waals surface area contributed by atoms with Crippen LogP contribution in [-0.2, 0) is 4.79 Å². The van der Waals surface area contributed by atoms with E-state index in [0.29, 0.717) is 21.9 Å². The number of methoxy groups -OCH3 is 1. The van der Waals surface area contributed by atoms with Gasteiger partial charge in [-0.2, -0.15) is 0 Å². The predicted octanol–water partition coefficient (Wildman–Crippen LogP) is 2.45. The van der Waals surface area contributed by atoms with E-state index in [2.05, 4.69) is 0 Å². The predicted molar refractivity (Wildman–Crippen MR) is 65.7 cm³/mol. The number of allylic oxidation sites excluding steroid dienone is 1. The molecule has 0 spiro atoms. The average molecular weight is 240 g/mol. The molecule has 0 radical (unpaired) electrons. The van der Waals surface area contributed by atoms with Crippen molar-refractivity contribution >= 4 is 23.5 Å². The van der Waals surface area contributed by atoms with Gasteiger partial charge in [0.25, 0.3) is 0 Å². The number of carbonyl (C=O) groups excluding carboxylic acids is 1. The lowest BCUT2D eigenvalue weighted by molar-refractivity contribution is -0.103. The minimum atomic E-state index is 0.532. The highest BCUT2D eigenvalue weighted by Gasteiger charge is 2.09. The van der Waals surface area contributed by atoms with E-state index in [0.717, 1.165) is 6.29 Å². The molecule has 1 aromatic carbocycles. The first kappa shape index (κ1) is 12.6. The maximum Gasteiger partial charge on any atom is 0.152 e. The van der Waals surface area contributed by atoms with Crippen LogP contribution in [0.3, 0.4) is 0 Å². The summed E-state index contributed by atoms with van der Waals surface area (Å²) < 4.78 is 5.19. The van der Waals surface area contributed by atoms with Crippen LogP contribution in [0.4, 0.5) is 0 Å². The molecule has 0 saturated heterocycles. The van der Waals surface area contributed by atoms with Gasteiger partial charge in [-0.15, -0.1) is 0 Å². The van der Waals surface area contributed by atoms with E-state index in [-0.39, 0.29) is 0 Å². The molecular weight excluding hydrogens is 226 g/mol. The van der Waals surface area contributed by atoms with Gasteiger partial charge in [0.05, 0.1) is 7.11 Å². The van der Waals surface area contributed by atoms with E-state index in [1.807, 2.05) is 14.1 Å². The molecule has 0 bridgehead atoms. The Bertz CT molecular complexity index is 413. The number of hydrogen-bond donors (Lipinski definition) is 0. The molecule has 1 rings (SSSR count). The van der Waals surface area contributed by atoms with Crippen molar-refractivity contribution in [2.75, 3.05) is 21.2 Å². The number of benzene rings is 1. The van der Waals surface area contributed by atoms with Gasteiger partial charge in [-0.3, -0.25) is 4.79 Å². The Kier molecular flexibility index (Phi) is 4.38. The number of ether oxygens (including phenoxy) is 1. The number of carbonyl (C=O) groups is 1. The van der Waals surface area contributed by atoms with Crippen molar-refractivity contribution in [3.8, 4) is 5.75 Å². The summed E-state index contributed by atoms with van der Waals surface area (Å²) >= 11 is 5.90. The van der Waals surface area contributed by atoms with Crippen molar-refractivity contribution in [2.45, 2.75) is 0 Å². The summed E-state index contributed by atoms with van der Waals surface area (Å²) in [5.41, 5.74) is 1.23. The average Bonchev–Trinajstić information content (AvgIpc) is 2.25. The molecule has 0 amide bonds. The van der Waals surface area contributed by atoms with Gasteiger partial charge in [-0.05, 0) is 18.2 Å². The van der Waals surface area contributed by atoms with E-state index in [1.165, 1.54) is 0 Å². The molecule has 3 nitrogen and oxygen atoms in total. The third-order valence-electron chi connectivity index (χ3n) is 2.00. The van der Waals surface area contributed by atoms with Gasteiger partial charge in [0.1, 0.15) is 5.75 Å². The smallest absolute Gasteiger partial charge is 0.152 e. The first-order valence-electron chi connectivity index (χ1n) is 4.76. The molecule has 1 aromatic rings. The SMILES string of the molecule is COc1ccc(Cl)cc1/C(C=O)=C/N(C)C.